The molecule has 2 amide bonds. The monoisotopic (exact) mass is 315 g/mol. The Hall–Kier alpha value is -3.16. The average Bonchev–Trinajstić information content (AvgIpc) is 2.84. The van der Waals surface area contributed by atoms with E-state index in [1.54, 1.807) is 30.5 Å². The van der Waals surface area contributed by atoms with Crippen molar-refractivity contribution in [2.45, 2.75) is 6.54 Å². The fraction of sp³-hybridized carbons (Fsp3) is 0.133. The Balaban J connectivity index is 1.57. The molecule has 0 radical (unpaired) electrons. The number of halogens is 1. The molecule has 0 bridgehead atoms. The molecule has 2 heterocycles. The number of nitrogens with one attached hydrogen (secondary N) is 2. The van der Waals surface area contributed by atoms with Crippen molar-refractivity contribution in [1.82, 2.24) is 19.5 Å². The van der Waals surface area contributed by atoms with Gasteiger partial charge in [0.15, 0.2) is 5.65 Å². The largest absolute Gasteiger partial charge is 0.350 e. The van der Waals surface area contributed by atoms with E-state index >= 15 is 0 Å². The number of hydrogen-bond donors (Lipinski definition) is 2. The molecule has 3 aromatic rings. The Morgan fingerprint density at radius 3 is 2.87 bits per heavy atom. The third-order valence-corrected chi connectivity index (χ3v) is 3.18. The van der Waals surface area contributed by atoms with E-state index in [0.29, 0.717) is 11.3 Å². The molecule has 8 heteroatoms. The van der Waals surface area contributed by atoms with E-state index in [1.807, 2.05) is 0 Å². The number of nitrogens with zero attached hydrogens (tertiary/aromatic N) is 3. The number of amides is 2. The zero-order chi connectivity index (χ0) is 16.2. The van der Waals surface area contributed by atoms with Gasteiger partial charge in [-0.3, -0.25) is 4.40 Å². The number of fused-ring (bicyclic) bond motifs is 1. The molecule has 3 rings (SSSR count). The van der Waals surface area contributed by atoms with Crippen LogP contribution in [0.25, 0.3) is 5.65 Å². The fourth-order valence-corrected chi connectivity index (χ4v) is 2.13. The average molecular weight is 315 g/mol. The van der Waals surface area contributed by atoms with E-state index in [4.69, 9.17) is 0 Å². The van der Waals surface area contributed by atoms with E-state index in [0.717, 1.165) is 0 Å². The molecule has 0 aliphatic heterocycles. The lowest BCUT2D eigenvalue weighted by molar-refractivity contribution is 0.251. The molecular formula is C15H14FN5O2. The van der Waals surface area contributed by atoms with E-state index in [9.17, 15) is 14.0 Å². The highest BCUT2D eigenvalue weighted by Gasteiger charge is 2.06. The summed E-state index contributed by atoms with van der Waals surface area (Å²) >= 11 is 0. The minimum atomic E-state index is -0.479. The number of hydrogen-bond acceptors (Lipinski definition) is 3. The van der Waals surface area contributed by atoms with Gasteiger partial charge in [0.25, 0.3) is 0 Å². The Morgan fingerprint density at radius 2 is 2.09 bits per heavy atom. The van der Waals surface area contributed by atoms with Gasteiger partial charge in [0.2, 0.25) is 0 Å². The molecule has 0 saturated heterocycles. The Labute approximate surface area is 130 Å². The van der Waals surface area contributed by atoms with Gasteiger partial charge in [0.05, 0.1) is 6.54 Å². The first-order valence-electron chi connectivity index (χ1n) is 6.98. The standard InChI is InChI=1S/C15H14FN5O2/c16-11-4-3-5-12(10-11)18-14(22)17-7-9-21-15(23)20-8-2-1-6-13(20)19-21/h1-6,8,10H,7,9H2,(H2,17,18,22). The van der Waals surface area contributed by atoms with Crippen LogP contribution >= 0.6 is 0 Å². The van der Waals surface area contributed by atoms with Gasteiger partial charge >= 0.3 is 11.7 Å². The first-order valence-corrected chi connectivity index (χ1v) is 6.98. The maximum atomic E-state index is 13.0. The third-order valence-electron chi connectivity index (χ3n) is 3.18. The lowest BCUT2D eigenvalue weighted by Gasteiger charge is -2.07. The van der Waals surface area contributed by atoms with Crippen LogP contribution in [0.4, 0.5) is 14.9 Å². The molecule has 0 saturated carbocycles. The zero-order valence-corrected chi connectivity index (χ0v) is 12.1. The molecule has 0 fully saturated rings. The number of carbonyl (C=O) groups excluding carboxylic acids is 1. The number of aromatic nitrogens is 3. The smallest absolute Gasteiger partial charge is 0.336 e. The first kappa shape index (κ1) is 14.8. The lowest BCUT2D eigenvalue weighted by atomic mass is 10.3. The van der Waals surface area contributed by atoms with Crippen molar-refractivity contribution in [3.63, 3.8) is 0 Å². The normalized spacial score (nSPS) is 10.7. The van der Waals surface area contributed by atoms with Gasteiger partial charge in [-0.25, -0.2) is 18.7 Å². The van der Waals surface area contributed by atoms with Crippen LogP contribution in [0.1, 0.15) is 0 Å². The highest BCUT2D eigenvalue weighted by atomic mass is 19.1. The van der Waals surface area contributed by atoms with Crippen LogP contribution < -0.4 is 16.3 Å². The highest BCUT2D eigenvalue weighted by molar-refractivity contribution is 5.89. The molecule has 2 N–H and O–H groups in total. The topological polar surface area (TPSA) is 80.4 Å². The first-order chi connectivity index (χ1) is 11.1. The SMILES string of the molecule is O=C(NCCn1nc2ccccn2c1=O)Nc1cccc(F)c1. The third kappa shape index (κ3) is 3.37. The molecule has 0 atom stereocenters. The summed E-state index contributed by atoms with van der Waals surface area (Å²) in [7, 11) is 0. The molecule has 2 aromatic heterocycles. The number of urea groups is 1. The van der Waals surface area contributed by atoms with Crippen LogP contribution in [-0.2, 0) is 6.54 Å². The Kier molecular flexibility index (Phi) is 4.05. The minimum absolute atomic E-state index is 0.213. The number of benzene rings is 1. The van der Waals surface area contributed by atoms with E-state index in [-0.39, 0.29) is 18.8 Å². The summed E-state index contributed by atoms with van der Waals surface area (Å²) < 4.78 is 15.7. The molecule has 0 aliphatic rings. The minimum Gasteiger partial charge on any atom is -0.336 e. The molecular weight excluding hydrogens is 301 g/mol. The van der Waals surface area contributed by atoms with Crippen molar-refractivity contribution in [2.75, 3.05) is 11.9 Å². The summed E-state index contributed by atoms with van der Waals surface area (Å²) in [5, 5.41) is 9.25. The van der Waals surface area contributed by atoms with Crippen molar-refractivity contribution < 1.29 is 9.18 Å². The van der Waals surface area contributed by atoms with Gasteiger partial charge < -0.3 is 10.6 Å². The van der Waals surface area contributed by atoms with Crippen LogP contribution in [0.5, 0.6) is 0 Å². The van der Waals surface area contributed by atoms with Crippen LogP contribution in [-0.4, -0.2) is 26.8 Å². The lowest BCUT2D eigenvalue weighted by Crippen LogP contribution is -2.34. The van der Waals surface area contributed by atoms with Crippen molar-refractivity contribution in [3.8, 4) is 0 Å². The molecule has 23 heavy (non-hydrogen) atoms. The second kappa shape index (κ2) is 6.30. The number of pyridine rings is 1. The summed E-state index contributed by atoms with van der Waals surface area (Å²) in [6.07, 6.45) is 1.63. The molecule has 118 valence electrons. The van der Waals surface area contributed by atoms with Gasteiger partial charge in [-0.15, -0.1) is 5.10 Å². The van der Waals surface area contributed by atoms with Crippen LogP contribution in [0.15, 0.2) is 53.5 Å². The summed E-state index contributed by atoms with van der Waals surface area (Å²) in [5.41, 5.74) is 0.627. The molecule has 0 spiro atoms. The zero-order valence-electron chi connectivity index (χ0n) is 12.1. The van der Waals surface area contributed by atoms with Gasteiger partial charge in [0.1, 0.15) is 5.82 Å². The number of rotatable bonds is 4. The van der Waals surface area contributed by atoms with E-state index in [2.05, 4.69) is 15.7 Å². The maximum Gasteiger partial charge on any atom is 0.350 e. The van der Waals surface area contributed by atoms with Gasteiger partial charge in [-0.05, 0) is 30.3 Å². The fourth-order valence-electron chi connectivity index (χ4n) is 2.13. The van der Waals surface area contributed by atoms with Gasteiger partial charge in [0, 0.05) is 18.4 Å². The van der Waals surface area contributed by atoms with Crippen molar-refractivity contribution in [2.24, 2.45) is 0 Å². The molecule has 7 nitrogen and oxygen atoms in total. The quantitative estimate of drug-likeness (QED) is 0.765. The second-order valence-corrected chi connectivity index (χ2v) is 4.83. The Bertz CT molecular complexity index is 902. The predicted octanol–water partition coefficient (Wildman–Crippen LogP) is 1.46. The maximum absolute atomic E-state index is 13.0. The summed E-state index contributed by atoms with van der Waals surface area (Å²) in [6.45, 7) is 0.446. The highest BCUT2D eigenvalue weighted by Crippen LogP contribution is 2.08. The van der Waals surface area contributed by atoms with Crippen molar-refractivity contribution >= 4 is 17.4 Å². The summed E-state index contributed by atoms with van der Waals surface area (Å²) in [4.78, 5) is 23.7. The molecule has 1 aromatic carbocycles. The van der Waals surface area contributed by atoms with E-state index < -0.39 is 11.8 Å². The Morgan fingerprint density at radius 1 is 1.22 bits per heavy atom. The van der Waals surface area contributed by atoms with Crippen LogP contribution in [0, 0.1) is 5.82 Å². The van der Waals surface area contributed by atoms with Gasteiger partial charge in [-0.2, -0.15) is 0 Å². The molecule has 0 aliphatic carbocycles. The summed E-state index contributed by atoms with van der Waals surface area (Å²) in [6, 6.07) is 10.4. The van der Waals surface area contributed by atoms with Gasteiger partial charge in [-0.1, -0.05) is 12.1 Å². The summed E-state index contributed by atoms with van der Waals surface area (Å²) in [5.74, 6) is -0.431. The van der Waals surface area contributed by atoms with Crippen molar-refractivity contribution in [3.05, 3.63) is 65.0 Å². The predicted molar refractivity (Wildman–Crippen MR) is 82.9 cm³/mol. The van der Waals surface area contributed by atoms with Crippen LogP contribution in [0.3, 0.4) is 0 Å². The van der Waals surface area contributed by atoms with E-state index in [1.165, 1.54) is 27.3 Å². The second-order valence-electron chi connectivity index (χ2n) is 4.83. The van der Waals surface area contributed by atoms with Crippen LogP contribution in [0.2, 0.25) is 0 Å². The van der Waals surface area contributed by atoms with Crippen molar-refractivity contribution in [1.29, 1.82) is 0 Å². The number of anilines is 1. The molecule has 0 unspecified atom stereocenters. The number of carbonyl (C=O) groups is 1.